The molecule has 1 saturated heterocycles. The second-order valence-electron chi connectivity index (χ2n) is 7.56. The number of carbonyl (C=O) groups excluding carboxylic acids is 1. The average Bonchev–Trinajstić information content (AvgIpc) is 3.13. The van der Waals surface area contributed by atoms with Gasteiger partial charge in [0.25, 0.3) is 5.91 Å². The van der Waals surface area contributed by atoms with E-state index in [2.05, 4.69) is 34.3 Å². The number of amides is 1. The van der Waals surface area contributed by atoms with Crippen LogP contribution in [0.2, 0.25) is 0 Å². The second-order valence-corrected chi connectivity index (χ2v) is 8.61. The molecule has 30 heavy (non-hydrogen) atoms. The lowest BCUT2D eigenvalue weighted by atomic mass is 10.1. The van der Waals surface area contributed by atoms with Gasteiger partial charge in [-0.3, -0.25) is 4.79 Å². The first-order valence-electron chi connectivity index (χ1n) is 10.1. The highest BCUT2D eigenvalue weighted by atomic mass is 32.1. The molecule has 0 atom stereocenters. The van der Waals surface area contributed by atoms with Crippen molar-refractivity contribution < 1.29 is 13.9 Å². The summed E-state index contributed by atoms with van der Waals surface area (Å²) < 4.78 is 20.4. The predicted octanol–water partition coefficient (Wildman–Crippen LogP) is 3.87. The quantitative estimate of drug-likeness (QED) is 0.649. The third-order valence-corrected chi connectivity index (χ3v) is 6.73. The molecule has 0 bridgehead atoms. The maximum atomic E-state index is 14.4. The number of piperazine rings is 1. The van der Waals surface area contributed by atoms with Crippen molar-refractivity contribution in [1.29, 1.82) is 0 Å². The lowest BCUT2D eigenvalue weighted by Crippen LogP contribution is -2.45. The first-order valence-corrected chi connectivity index (χ1v) is 10.9. The summed E-state index contributed by atoms with van der Waals surface area (Å²) in [5.41, 5.74) is 2.85. The Morgan fingerprint density at radius 1 is 1.13 bits per heavy atom. The van der Waals surface area contributed by atoms with Gasteiger partial charge in [0.15, 0.2) is 0 Å². The molecule has 1 N–H and O–H groups in total. The fourth-order valence-corrected chi connectivity index (χ4v) is 5.04. The van der Waals surface area contributed by atoms with Crippen molar-refractivity contribution in [2.45, 2.75) is 13.2 Å². The summed E-state index contributed by atoms with van der Waals surface area (Å²) in [7, 11) is 3.69. The number of halogens is 1. The molecule has 0 saturated carbocycles. The molecule has 4 rings (SSSR count). The van der Waals surface area contributed by atoms with E-state index in [1.807, 2.05) is 18.2 Å². The van der Waals surface area contributed by atoms with E-state index in [0.717, 1.165) is 42.1 Å². The highest BCUT2D eigenvalue weighted by Crippen LogP contribution is 2.34. The molecule has 0 radical (unpaired) electrons. The number of hydrogen-bond acceptors (Lipinski definition) is 5. The molecule has 2 aromatic carbocycles. The topological polar surface area (TPSA) is 44.8 Å². The van der Waals surface area contributed by atoms with E-state index in [0.29, 0.717) is 22.4 Å². The van der Waals surface area contributed by atoms with Gasteiger partial charge < -0.3 is 19.9 Å². The number of methoxy groups -OCH3 is 1. The minimum absolute atomic E-state index is 0.196. The number of rotatable bonds is 6. The van der Waals surface area contributed by atoms with Crippen LogP contribution in [-0.4, -0.2) is 51.1 Å². The number of nitrogens with zero attached hydrogens (tertiary/aromatic N) is 2. The van der Waals surface area contributed by atoms with Crippen LogP contribution >= 0.6 is 11.3 Å². The number of ether oxygens (including phenoxy) is 1. The van der Waals surface area contributed by atoms with Gasteiger partial charge in [0, 0.05) is 61.2 Å². The van der Waals surface area contributed by atoms with Crippen molar-refractivity contribution >= 4 is 33.0 Å². The monoisotopic (exact) mass is 427 g/mol. The molecule has 0 unspecified atom stereocenters. The molecule has 5 nitrogen and oxygen atoms in total. The fraction of sp³-hybridized carbons (Fsp3) is 0.348. The van der Waals surface area contributed by atoms with E-state index < -0.39 is 0 Å². The third kappa shape index (κ3) is 4.19. The van der Waals surface area contributed by atoms with Gasteiger partial charge in [0.05, 0.1) is 11.5 Å². The first kappa shape index (κ1) is 20.8. The summed E-state index contributed by atoms with van der Waals surface area (Å²) in [6, 6.07) is 13.1. The second kappa shape index (κ2) is 9.12. The highest BCUT2D eigenvalue weighted by Gasteiger charge is 2.21. The Labute approximate surface area is 180 Å². The van der Waals surface area contributed by atoms with Crippen molar-refractivity contribution in [3.05, 3.63) is 64.3 Å². The Hall–Kier alpha value is -2.48. The maximum absolute atomic E-state index is 14.4. The summed E-state index contributed by atoms with van der Waals surface area (Å²) in [4.78, 5) is 18.2. The van der Waals surface area contributed by atoms with E-state index in [1.54, 1.807) is 13.2 Å². The van der Waals surface area contributed by atoms with Crippen molar-refractivity contribution in [3.63, 3.8) is 0 Å². The van der Waals surface area contributed by atoms with E-state index in [4.69, 9.17) is 4.74 Å². The van der Waals surface area contributed by atoms with Gasteiger partial charge in [0.2, 0.25) is 0 Å². The van der Waals surface area contributed by atoms with Gasteiger partial charge in [0.1, 0.15) is 5.82 Å². The van der Waals surface area contributed by atoms with Gasteiger partial charge >= 0.3 is 0 Å². The molecular formula is C23H26FN3O2S. The van der Waals surface area contributed by atoms with Crippen LogP contribution < -0.4 is 10.2 Å². The van der Waals surface area contributed by atoms with Crippen LogP contribution in [0.15, 0.2) is 42.5 Å². The standard InChI is InChI=1S/C23H26FN3O2S/c1-26-10-12-27(13-11-26)19-8-4-3-6-16(19)14-25-23(28)22-17(15-29-2)21-18(24)7-5-9-20(21)30-22/h3-9H,10-15H2,1-2H3,(H,25,28). The molecule has 7 heteroatoms. The average molecular weight is 428 g/mol. The van der Waals surface area contributed by atoms with Crippen LogP contribution in [-0.2, 0) is 17.9 Å². The van der Waals surface area contributed by atoms with E-state index in [-0.39, 0.29) is 18.3 Å². The van der Waals surface area contributed by atoms with E-state index in [9.17, 15) is 9.18 Å². The largest absolute Gasteiger partial charge is 0.380 e. The zero-order chi connectivity index (χ0) is 21.1. The van der Waals surface area contributed by atoms with Crippen molar-refractivity contribution in [3.8, 4) is 0 Å². The van der Waals surface area contributed by atoms with Crippen molar-refractivity contribution in [1.82, 2.24) is 10.2 Å². The summed E-state index contributed by atoms with van der Waals surface area (Å²) in [6.07, 6.45) is 0. The summed E-state index contributed by atoms with van der Waals surface area (Å²) in [6.45, 7) is 4.60. The summed E-state index contributed by atoms with van der Waals surface area (Å²) >= 11 is 1.31. The molecule has 1 aliphatic rings. The highest BCUT2D eigenvalue weighted by molar-refractivity contribution is 7.21. The molecule has 0 aliphatic carbocycles. The number of hydrogen-bond donors (Lipinski definition) is 1. The number of nitrogens with one attached hydrogen (secondary N) is 1. The normalized spacial score (nSPS) is 15.0. The van der Waals surface area contributed by atoms with Crippen LogP contribution in [0.25, 0.3) is 10.1 Å². The van der Waals surface area contributed by atoms with Crippen LogP contribution in [0.3, 0.4) is 0 Å². The predicted molar refractivity (Wildman–Crippen MR) is 120 cm³/mol. The van der Waals surface area contributed by atoms with Gasteiger partial charge in [-0.25, -0.2) is 4.39 Å². The zero-order valence-corrected chi connectivity index (χ0v) is 18.1. The number of benzene rings is 2. The lowest BCUT2D eigenvalue weighted by Gasteiger charge is -2.35. The summed E-state index contributed by atoms with van der Waals surface area (Å²) in [5, 5.41) is 3.52. The van der Waals surface area contributed by atoms with Gasteiger partial charge in [-0.1, -0.05) is 24.3 Å². The Kier molecular flexibility index (Phi) is 6.32. The molecule has 3 aromatic rings. The molecule has 1 aliphatic heterocycles. The van der Waals surface area contributed by atoms with Gasteiger partial charge in [-0.15, -0.1) is 11.3 Å². The number of anilines is 1. The first-order chi connectivity index (χ1) is 14.6. The summed E-state index contributed by atoms with van der Waals surface area (Å²) in [5.74, 6) is -0.522. The van der Waals surface area contributed by atoms with E-state index in [1.165, 1.54) is 17.4 Å². The number of fused-ring (bicyclic) bond motifs is 1. The van der Waals surface area contributed by atoms with Gasteiger partial charge in [-0.2, -0.15) is 0 Å². The Bertz CT molecular complexity index is 1040. The van der Waals surface area contributed by atoms with Gasteiger partial charge in [-0.05, 0) is 30.8 Å². The molecule has 0 spiro atoms. The zero-order valence-electron chi connectivity index (χ0n) is 17.3. The Balaban J connectivity index is 1.55. The van der Waals surface area contributed by atoms with Crippen molar-refractivity contribution in [2.75, 3.05) is 45.2 Å². The molecule has 1 fully saturated rings. The Morgan fingerprint density at radius 2 is 1.90 bits per heavy atom. The number of para-hydroxylation sites is 1. The molecule has 2 heterocycles. The Morgan fingerprint density at radius 3 is 2.67 bits per heavy atom. The van der Waals surface area contributed by atoms with Crippen molar-refractivity contribution in [2.24, 2.45) is 0 Å². The van der Waals surface area contributed by atoms with Crippen LogP contribution in [0.5, 0.6) is 0 Å². The lowest BCUT2D eigenvalue weighted by molar-refractivity contribution is 0.0951. The smallest absolute Gasteiger partial charge is 0.262 e. The number of thiophene rings is 1. The molecule has 1 amide bonds. The van der Waals surface area contributed by atoms with E-state index >= 15 is 0 Å². The van der Waals surface area contributed by atoms with Crippen LogP contribution in [0, 0.1) is 5.82 Å². The maximum Gasteiger partial charge on any atom is 0.262 e. The molecule has 1 aromatic heterocycles. The molecule has 158 valence electrons. The minimum Gasteiger partial charge on any atom is -0.380 e. The van der Waals surface area contributed by atoms with Crippen LogP contribution in [0.1, 0.15) is 20.8 Å². The number of carbonyl (C=O) groups is 1. The number of likely N-dealkylation sites (N-methyl/N-ethyl adjacent to an activating group) is 1. The fourth-order valence-electron chi connectivity index (χ4n) is 3.90. The SMILES string of the molecule is COCc1c(C(=O)NCc2ccccc2N2CCN(C)CC2)sc2cccc(F)c12. The van der Waals surface area contributed by atoms with Crippen LogP contribution in [0.4, 0.5) is 10.1 Å². The third-order valence-electron chi connectivity index (χ3n) is 5.53. The molecular weight excluding hydrogens is 401 g/mol. The minimum atomic E-state index is -0.324.